The third-order valence-corrected chi connectivity index (χ3v) is 5.27. The molecule has 4 nitrogen and oxygen atoms in total. The van der Waals surface area contributed by atoms with E-state index in [0.717, 1.165) is 30.5 Å². The summed E-state index contributed by atoms with van der Waals surface area (Å²) < 4.78 is 16.2. The first-order valence-electron chi connectivity index (χ1n) is 8.33. The molecule has 1 aliphatic rings. The average molecular weight is 402 g/mol. The van der Waals surface area contributed by atoms with Crippen LogP contribution in [0.3, 0.4) is 0 Å². The van der Waals surface area contributed by atoms with E-state index in [1.54, 1.807) is 12.1 Å². The summed E-state index contributed by atoms with van der Waals surface area (Å²) in [6, 6.07) is 6.76. The van der Waals surface area contributed by atoms with Gasteiger partial charge in [-0.15, -0.1) is 0 Å². The zero-order valence-electron chi connectivity index (χ0n) is 13.8. The van der Waals surface area contributed by atoms with E-state index in [2.05, 4.69) is 32.8 Å². The van der Waals surface area contributed by atoms with E-state index in [1.165, 1.54) is 17.0 Å². The van der Waals surface area contributed by atoms with Gasteiger partial charge in [0.2, 0.25) is 0 Å². The lowest BCUT2D eigenvalue weighted by atomic mass is 9.87. The van der Waals surface area contributed by atoms with Gasteiger partial charge in [-0.05, 0) is 48.9 Å². The SMILES string of the molecule is C[C@H]1CCc2nc3ncn(Cc4ccc(Br)cc4F)c(=O)c3cc2C1. The summed E-state index contributed by atoms with van der Waals surface area (Å²) in [5.74, 6) is 0.251. The highest BCUT2D eigenvalue weighted by Crippen LogP contribution is 2.25. The number of nitrogens with zero attached hydrogens (tertiary/aromatic N) is 3. The first kappa shape index (κ1) is 16.4. The fourth-order valence-corrected chi connectivity index (χ4v) is 3.70. The Bertz CT molecular complexity index is 1030. The number of aryl methyl sites for hydroxylation is 1. The van der Waals surface area contributed by atoms with Gasteiger partial charge in [-0.2, -0.15) is 0 Å². The highest BCUT2D eigenvalue weighted by Gasteiger charge is 2.19. The van der Waals surface area contributed by atoms with Crippen LogP contribution in [0.1, 0.15) is 30.2 Å². The van der Waals surface area contributed by atoms with Crippen LogP contribution in [-0.4, -0.2) is 14.5 Å². The van der Waals surface area contributed by atoms with Crippen molar-refractivity contribution in [1.29, 1.82) is 0 Å². The van der Waals surface area contributed by atoms with Crippen molar-refractivity contribution in [1.82, 2.24) is 14.5 Å². The molecule has 0 radical (unpaired) electrons. The molecule has 1 aromatic carbocycles. The van der Waals surface area contributed by atoms with Gasteiger partial charge in [0.05, 0.1) is 11.9 Å². The number of pyridine rings is 1. The first-order valence-corrected chi connectivity index (χ1v) is 9.12. The fourth-order valence-electron chi connectivity index (χ4n) is 3.37. The molecule has 128 valence electrons. The molecule has 25 heavy (non-hydrogen) atoms. The molecule has 0 bridgehead atoms. The summed E-state index contributed by atoms with van der Waals surface area (Å²) in [7, 11) is 0. The fraction of sp³-hybridized carbons (Fsp3) is 0.316. The van der Waals surface area contributed by atoms with Crippen LogP contribution in [0.2, 0.25) is 0 Å². The molecule has 0 saturated carbocycles. The molecule has 2 aromatic heterocycles. The molecule has 4 rings (SSSR count). The smallest absolute Gasteiger partial charge is 0.263 e. The van der Waals surface area contributed by atoms with Gasteiger partial charge in [0.25, 0.3) is 5.56 Å². The number of hydrogen-bond acceptors (Lipinski definition) is 3. The summed E-state index contributed by atoms with van der Waals surface area (Å²) in [5, 5.41) is 0.507. The maximum atomic E-state index is 14.1. The van der Waals surface area contributed by atoms with Crippen molar-refractivity contribution < 1.29 is 4.39 Å². The van der Waals surface area contributed by atoms with Gasteiger partial charge in [0, 0.05) is 15.7 Å². The second-order valence-corrected chi connectivity index (χ2v) is 7.64. The molecule has 0 amide bonds. The van der Waals surface area contributed by atoms with Crippen LogP contribution in [0.4, 0.5) is 4.39 Å². The summed E-state index contributed by atoms with van der Waals surface area (Å²) >= 11 is 3.24. The molecule has 6 heteroatoms. The van der Waals surface area contributed by atoms with Gasteiger partial charge in [0.1, 0.15) is 12.1 Å². The van der Waals surface area contributed by atoms with Crippen LogP contribution >= 0.6 is 15.9 Å². The molecule has 0 N–H and O–H groups in total. The van der Waals surface area contributed by atoms with Gasteiger partial charge in [-0.3, -0.25) is 9.36 Å². The van der Waals surface area contributed by atoms with E-state index < -0.39 is 0 Å². The van der Waals surface area contributed by atoms with Crippen molar-refractivity contribution in [2.24, 2.45) is 5.92 Å². The maximum Gasteiger partial charge on any atom is 0.263 e. The van der Waals surface area contributed by atoms with Crippen LogP contribution < -0.4 is 5.56 Å². The zero-order chi connectivity index (χ0) is 17.6. The van der Waals surface area contributed by atoms with Crippen LogP contribution in [0.5, 0.6) is 0 Å². The zero-order valence-corrected chi connectivity index (χ0v) is 15.4. The lowest BCUT2D eigenvalue weighted by Crippen LogP contribution is -2.23. The summed E-state index contributed by atoms with van der Waals surface area (Å²) in [5.41, 5.74) is 2.93. The van der Waals surface area contributed by atoms with Gasteiger partial charge in [-0.1, -0.05) is 28.9 Å². The number of aromatic nitrogens is 3. The Morgan fingerprint density at radius 2 is 2.20 bits per heavy atom. The maximum absolute atomic E-state index is 14.1. The predicted molar refractivity (Wildman–Crippen MR) is 98.2 cm³/mol. The van der Waals surface area contributed by atoms with E-state index in [-0.39, 0.29) is 17.9 Å². The summed E-state index contributed by atoms with van der Waals surface area (Å²) in [4.78, 5) is 21.7. The highest BCUT2D eigenvalue weighted by atomic mass is 79.9. The Balaban J connectivity index is 1.78. The van der Waals surface area contributed by atoms with Gasteiger partial charge in [-0.25, -0.2) is 14.4 Å². The lowest BCUT2D eigenvalue weighted by Gasteiger charge is -2.20. The lowest BCUT2D eigenvalue weighted by molar-refractivity contribution is 0.495. The summed E-state index contributed by atoms with van der Waals surface area (Å²) in [6.45, 7) is 2.36. The van der Waals surface area contributed by atoms with E-state index in [1.807, 2.05) is 6.07 Å². The van der Waals surface area contributed by atoms with Crippen molar-refractivity contribution in [2.45, 2.75) is 32.7 Å². The Labute approximate surface area is 152 Å². The number of hydrogen-bond donors (Lipinski definition) is 0. The second kappa shape index (κ2) is 6.33. The van der Waals surface area contributed by atoms with Crippen LogP contribution in [0.25, 0.3) is 11.0 Å². The topological polar surface area (TPSA) is 47.8 Å². The van der Waals surface area contributed by atoms with Crippen molar-refractivity contribution >= 4 is 27.0 Å². The van der Waals surface area contributed by atoms with Crippen molar-refractivity contribution in [2.75, 3.05) is 0 Å². The number of rotatable bonds is 2. The number of halogens is 2. The second-order valence-electron chi connectivity index (χ2n) is 6.73. The predicted octanol–water partition coefficient (Wildman–Crippen LogP) is 3.87. The molecular formula is C19H17BrFN3O. The molecule has 0 fully saturated rings. The molecule has 0 aliphatic heterocycles. The largest absolute Gasteiger partial charge is 0.294 e. The quantitative estimate of drug-likeness (QED) is 0.654. The molecule has 1 atom stereocenters. The Hall–Kier alpha value is -2.08. The third kappa shape index (κ3) is 3.11. The van der Waals surface area contributed by atoms with E-state index in [0.29, 0.717) is 27.0 Å². The minimum atomic E-state index is -0.348. The van der Waals surface area contributed by atoms with Crippen molar-refractivity contribution in [3.63, 3.8) is 0 Å². The number of fused-ring (bicyclic) bond motifs is 2. The van der Waals surface area contributed by atoms with Gasteiger partial charge in [0.15, 0.2) is 5.65 Å². The van der Waals surface area contributed by atoms with Crippen molar-refractivity contribution in [3.05, 3.63) is 68.1 Å². The van der Waals surface area contributed by atoms with Gasteiger partial charge >= 0.3 is 0 Å². The van der Waals surface area contributed by atoms with E-state index in [9.17, 15) is 9.18 Å². The van der Waals surface area contributed by atoms with Crippen LogP contribution in [0.15, 0.2) is 39.9 Å². The molecule has 2 heterocycles. The molecule has 0 spiro atoms. The molecule has 3 aromatic rings. The number of benzene rings is 1. The van der Waals surface area contributed by atoms with Gasteiger partial charge < -0.3 is 0 Å². The van der Waals surface area contributed by atoms with Crippen molar-refractivity contribution in [3.8, 4) is 0 Å². The summed E-state index contributed by atoms with van der Waals surface area (Å²) in [6.07, 6.45) is 4.44. The third-order valence-electron chi connectivity index (χ3n) is 4.78. The Kier molecular flexibility index (Phi) is 4.15. The minimum Gasteiger partial charge on any atom is -0.294 e. The van der Waals surface area contributed by atoms with Crippen LogP contribution in [-0.2, 0) is 19.4 Å². The molecule has 0 unspecified atom stereocenters. The minimum absolute atomic E-state index is 0.147. The first-order chi connectivity index (χ1) is 12.0. The van der Waals surface area contributed by atoms with E-state index in [4.69, 9.17) is 0 Å². The molecular weight excluding hydrogens is 385 g/mol. The molecule has 0 saturated heterocycles. The molecule has 1 aliphatic carbocycles. The monoisotopic (exact) mass is 401 g/mol. The standard InChI is InChI=1S/C19H17BrFN3O/c1-11-2-5-17-13(6-11)7-15-18(23-17)22-10-24(19(15)25)9-12-3-4-14(20)8-16(12)21/h3-4,7-8,10-11H,2,5-6,9H2,1H3/t11-/m0/s1. The van der Waals surface area contributed by atoms with Crippen LogP contribution in [0, 0.1) is 11.7 Å². The highest BCUT2D eigenvalue weighted by molar-refractivity contribution is 9.10. The Morgan fingerprint density at radius 1 is 1.36 bits per heavy atom. The van der Waals surface area contributed by atoms with E-state index >= 15 is 0 Å². The average Bonchev–Trinajstić information content (AvgIpc) is 2.58. The normalized spacial score (nSPS) is 16.8. The Morgan fingerprint density at radius 3 is 3.00 bits per heavy atom.